The van der Waals surface area contributed by atoms with Gasteiger partial charge < -0.3 is 16.4 Å². The predicted octanol–water partition coefficient (Wildman–Crippen LogP) is 1.26. The highest BCUT2D eigenvalue weighted by Gasteiger charge is 2.19. The lowest BCUT2D eigenvalue weighted by atomic mass is 10.1. The van der Waals surface area contributed by atoms with Crippen LogP contribution in [0.1, 0.15) is 28.8 Å². The maximum atomic E-state index is 11.0. The molecule has 0 bridgehead atoms. The highest BCUT2D eigenvalue weighted by Crippen LogP contribution is 2.18. The van der Waals surface area contributed by atoms with Gasteiger partial charge in [0.05, 0.1) is 0 Å². The lowest BCUT2D eigenvalue weighted by Gasteiger charge is -2.10. The Balaban J connectivity index is 1.84. The van der Waals surface area contributed by atoms with Gasteiger partial charge in [-0.3, -0.25) is 4.79 Å². The summed E-state index contributed by atoms with van der Waals surface area (Å²) in [5.41, 5.74) is 7.90. The van der Waals surface area contributed by atoms with E-state index < -0.39 is 0 Å². The van der Waals surface area contributed by atoms with Gasteiger partial charge in [-0.15, -0.1) is 0 Å². The summed E-state index contributed by atoms with van der Waals surface area (Å²) in [4.78, 5) is 11.0. The molecule has 1 saturated carbocycles. The fraction of sp³-hybridized carbons (Fsp3) is 0.462. The Morgan fingerprint density at radius 1 is 1.41 bits per heavy atom. The van der Waals surface area contributed by atoms with E-state index in [1.807, 2.05) is 19.1 Å². The maximum Gasteiger partial charge on any atom is 0.248 e. The number of carbonyl (C=O) groups is 1. The van der Waals surface area contributed by atoms with Crippen LogP contribution in [0.3, 0.4) is 0 Å². The van der Waals surface area contributed by atoms with Gasteiger partial charge in [-0.1, -0.05) is 0 Å². The average Bonchev–Trinajstić information content (AvgIpc) is 3.09. The van der Waals surface area contributed by atoms with Crippen molar-refractivity contribution >= 4 is 11.6 Å². The van der Waals surface area contributed by atoms with E-state index in [0.29, 0.717) is 5.56 Å². The lowest BCUT2D eigenvalue weighted by Crippen LogP contribution is -2.24. The Labute approximate surface area is 102 Å². The molecule has 0 saturated heterocycles. The molecule has 1 aliphatic carbocycles. The van der Waals surface area contributed by atoms with Crippen molar-refractivity contribution in [3.63, 3.8) is 0 Å². The van der Waals surface area contributed by atoms with Gasteiger partial charge in [0.25, 0.3) is 0 Å². The molecular weight excluding hydrogens is 214 g/mol. The van der Waals surface area contributed by atoms with Crippen LogP contribution in [0.4, 0.5) is 5.69 Å². The van der Waals surface area contributed by atoms with Crippen LogP contribution >= 0.6 is 0 Å². The van der Waals surface area contributed by atoms with E-state index in [1.54, 1.807) is 6.07 Å². The van der Waals surface area contributed by atoms with E-state index in [2.05, 4.69) is 10.6 Å². The molecule has 1 aliphatic rings. The monoisotopic (exact) mass is 233 g/mol. The largest absolute Gasteiger partial charge is 0.384 e. The molecule has 0 aromatic heterocycles. The van der Waals surface area contributed by atoms with Crippen molar-refractivity contribution in [3.8, 4) is 0 Å². The van der Waals surface area contributed by atoms with Crippen molar-refractivity contribution < 1.29 is 4.79 Å². The number of anilines is 1. The zero-order chi connectivity index (χ0) is 12.3. The van der Waals surface area contributed by atoms with Crippen LogP contribution in [0.15, 0.2) is 18.2 Å². The van der Waals surface area contributed by atoms with Gasteiger partial charge in [0.2, 0.25) is 5.91 Å². The van der Waals surface area contributed by atoms with E-state index in [4.69, 9.17) is 5.73 Å². The van der Waals surface area contributed by atoms with Crippen LogP contribution in [0.5, 0.6) is 0 Å². The van der Waals surface area contributed by atoms with Gasteiger partial charge in [0.15, 0.2) is 0 Å². The fourth-order valence-electron chi connectivity index (χ4n) is 1.78. The number of aryl methyl sites for hydroxylation is 1. The van der Waals surface area contributed by atoms with E-state index in [9.17, 15) is 4.79 Å². The molecule has 4 heteroatoms. The molecule has 17 heavy (non-hydrogen) atoms. The first-order valence-corrected chi connectivity index (χ1v) is 6.04. The third-order valence-corrected chi connectivity index (χ3v) is 2.96. The quantitative estimate of drug-likeness (QED) is 0.648. The molecule has 1 amide bonds. The first-order chi connectivity index (χ1) is 8.16. The van der Waals surface area contributed by atoms with Crippen LogP contribution in [0.25, 0.3) is 0 Å². The summed E-state index contributed by atoms with van der Waals surface area (Å²) in [5.74, 6) is -0.380. The van der Waals surface area contributed by atoms with Gasteiger partial charge in [-0.05, 0) is 43.5 Å². The summed E-state index contributed by atoms with van der Waals surface area (Å²) in [6.45, 7) is 3.85. The van der Waals surface area contributed by atoms with Gasteiger partial charge >= 0.3 is 0 Å². The molecule has 0 aliphatic heterocycles. The first-order valence-electron chi connectivity index (χ1n) is 6.04. The maximum absolute atomic E-state index is 11.0. The SMILES string of the molecule is Cc1cc(C(N)=O)ccc1NCCNC1CC1. The number of benzene rings is 1. The Bertz CT molecular complexity index is 413. The second-order valence-corrected chi connectivity index (χ2v) is 4.55. The normalized spacial score (nSPS) is 14.6. The number of carbonyl (C=O) groups excluding carboxylic acids is 1. The Morgan fingerprint density at radius 2 is 2.18 bits per heavy atom. The molecule has 1 aromatic rings. The van der Waals surface area contributed by atoms with Crippen molar-refractivity contribution in [2.45, 2.75) is 25.8 Å². The highest BCUT2D eigenvalue weighted by atomic mass is 16.1. The molecule has 1 fully saturated rings. The number of nitrogens with two attached hydrogens (primary N) is 1. The predicted molar refractivity (Wildman–Crippen MR) is 69.2 cm³/mol. The second-order valence-electron chi connectivity index (χ2n) is 4.55. The Hall–Kier alpha value is -1.55. The van der Waals surface area contributed by atoms with Gasteiger partial charge in [-0.2, -0.15) is 0 Å². The number of rotatable bonds is 6. The fourth-order valence-corrected chi connectivity index (χ4v) is 1.78. The summed E-state index contributed by atoms with van der Waals surface area (Å²) < 4.78 is 0. The molecule has 0 radical (unpaired) electrons. The molecule has 4 N–H and O–H groups in total. The minimum absolute atomic E-state index is 0.380. The number of amides is 1. The van der Waals surface area contributed by atoms with Crippen molar-refractivity contribution in [2.24, 2.45) is 5.73 Å². The van der Waals surface area contributed by atoms with Crippen LogP contribution in [-0.4, -0.2) is 25.0 Å². The van der Waals surface area contributed by atoms with Crippen molar-refractivity contribution in [1.82, 2.24) is 5.32 Å². The van der Waals surface area contributed by atoms with Crippen molar-refractivity contribution in [3.05, 3.63) is 29.3 Å². The number of nitrogens with one attached hydrogen (secondary N) is 2. The van der Waals surface area contributed by atoms with Crippen molar-refractivity contribution in [1.29, 1.82) is 0 Å². The summed E-state index contributed by atoms with van der Waals surface area (Å²) in [5, 5.41) is 6.79. The van der Waals surface area contributed by atoms with Crippen LogP contribution < -0.4 is 16.4 Å². The minimum Gasteiger partial charge on any atom is -0.384 e. The van der Waals surface area contributed by atoms with Gasteiger partial charge in [-0.25, -0.2) is 0 Å². The zero-order valence-corrected chi connectivity index (χ0v) is 10.1. The second kappa shape index (κ2) is 5.19. The smallest absolute Gasteiger partial charge is 0.248 e. The van der Waals surface area contributed by atoms with Crippen LogP contribution in [-0.2, 0) is 0 Å². The molecule has 1 aromatic carbocycles. The highest BCUT2D eigenvalue weighted by molar-refractivity contribution is 5.93. The molecule has 0 unspecified atom stereocenters. The number of primary amides is 1. The molecular formula is C13H19N3O. The zero-order valence-electron chi connectivity index (χ0n) is 10.1. The van der Waals surface area contributed by atoms with E-state index >= 15 is 0 Å². The molecule has 0 spiro atoms. The van der Waals surface area contributed by atoms with Crippen LogP contribution in [0, 0.1) is 6.92 Å². The minimum atomic E-state index is -0.380. The van der Waals surface area contributed by atoms with E-state index in [0.717, 1.165) is 30.4 Å². The van der Waals surface area contributed by atoms with E-state index in [1.165, 1.54) is 12.8 Å². The third-order valence-electron chi connectivity index (χ3n) is 2.96. The standard InChI is InChI=1S/C13H19N3O/c1-9-8-10(13(14)17)2-5-12(9)16-7-6-15-11-3-4-11/h2,5,8,11,15-16H,3-4,6-7H2,1H3,(H2,14,17). The molecule has 0 atom stereocenters. The van der Waals surface area contributed by atoms with Gasteiger partial charge in [0.1, 0.15) is 0 Å². The van der Waals surface area contributed by atoms with E-state index in [-0.39, 0.29) is 5.91 Å². The molecule has 2 rings (SSSR count). The average molecular weight is 233 g/mol. The summed E-state index contributed by atoms with van der Waals surface area (Å²) in [6, 6.07) is 6.23. The van der Waals surface area contributed by atoms with Crippen molar-refractivity contribution in [2.75, 3.05) is 18.4 Å². The number of hydrogen-bond acceptors (Lipinski definition) is 3. The first kappa shape index (κ1) is 11.9. The summed E-state index contributed by atoms with van der Waals surface area (Å²) >= 11 is 0. The molecule has 0 heterocycles. The number of hydrogen-bond donors (Lipinski definition) is 3. The Morgan fingerprint density at radius 3 is 2.76 bits per heavy atom. The van der Waals surface area contributed by atoms with Gasteiger partial charge in [0, 0.05) is 30.4 Å². The topological polar surface area (TPSA) is 67.2 Å². The third kappa shape index (κ3) is 3.46. The Kier molecular flexibility index (Phi) is 3.64. The summed E-state index contributed by atoms with van der Waals surface area (Å²) in [7, 11) is 0. The van der Waals surface area contributed by atoms with Crippen LogP contribution in [0.2, 0.25) is 0 Å². The lowest BCUT2D eigenvalue weighted by molar-refractivity contribution is 0.1000. The summed E-state index contributed by atoms with van der Waals surface area (Å²) in [6.07, 6.45) is 2.62. The molecule has 92 valence electrons. The molecule has 4 nitrogen and oxygen atoms in total.